The fraction of sp³-hybridized carbons (Fsp3) is 0.500. The van der Waals surface area contributed by atoms with Gasteiger partial charge in [0.15, 0.2) is 0 Å². The lowest BCUT2D eigenvalue weighted by Crippen LogP contribution is -2.11. The highest BCUT2D eigenvalue weighted by atomic mass is 19.4. The van der Waals surface area contributed by atoms with Crippen LogP contribution in [0, 0.1) is 0 Å². The molecule has 1 unspecified atom stereocenters. The van der Waals surface area contributed by atoms with E-state index in [0.29, 0.717) is 12.0 Å². The number of aliphatic hydroxyl groups excluding tert-OH is 1. The molecule has 0 bridgehead atoms. The third-order valence-electron chi connectivity index (χ3n) is 2.50. The van der Waals surface area contributed by atoms with Crippen LogP contribution in [0.2, 0.25) is 0 Å². The number of alkyl halides is 3. The van der Waals surface area contributed by atoms with Crippen LogP contribution >= 0.6 is 0 Å². The molecule has 0 saturated heterocycles. The first-order chi connectivity index (χ1) is 7.44. The molecule has 0 heterocycles. The van der Waals surface area contributed by atoms with Gasteiger partial charge in [0, 0.05) is 6.42 Å². The molecule has 1 atom stereocenters. The molecule has 0 aliphatic heterocycles. The van der Waals surface area contributed by atoms with Gasteiger partial charge in [-0.25, -0.2) is 0 Å². The Bertz CT molecular complexity index is 333. The quantitative estimate of drug-likeness (QED) is 0.840. The molecule has 4 heteroatoms. The van der Waals surface area contributed by atoms with Crippen molar-refractivity contribution in [1.29, 1.82) is 0 Å². The normalized spacial score (nSPS) is 13.8. The van der Waals surface area contributed by atoms with Gasteiger partial charge < -0.3 is 5.11 Å². The summed E-state index contributed by atoms with van der Waals surface area (Å²) in [5.74, 6) is 0. The summed E-state index contributed by atoms with van der Waals surface area (Å²) in [6, 6.07) is 7.05. The molecule has 0 aliphatic rings. The van der Waals surface area contributed by atoms with E-state index in [1.54, 1.807) is 12.1 Å². The summed E-state index contributed by atoms with van der Waals surface area (Å²) in [6.07, 6.45) is -5.76. The molecule has 90 valence electrons. The van der Waals surface area contributed by atoms with Crippen LogP contribution in [0.4, 0.5) is 13.2 Å². The first kappa shape index (κ1) is 13.0. The molecule has 1 aromatic carbocycles. The van der Waals surface area contributed by atoms with E-state index in [1.807, 2.05) is 19.1 Å². The maximum absolute atomic E-state index is 12.0. The van der Waals surface area contributed by atoms with E-state index in [9.17, 15) is 18.3 Å². The van der Waals surface area contributed by atoms with Gasteiger partial charge in [-0.1, -0.05) is 31.2 Å². The van der Waals surface area contributed by atoms with Crippen molar-refractivity contribution in [3.8, 4) is 0 Å². The average molecular weight is 232 g/mol. The zero-order valence-electron chi connectivity index (χ0n) is 9.09. The first-order valence-corrected chi connectivity index (χ1v) is 5.26. The molecule has 0 spiro atoms. The molecule has 0 saturated carbocycles. The summed E-state index contributed by atoms with van der Waals surface area (Å²) in [7, 11) is 0. The minimum absolute atomic E-state index is 0.277. The fourth-order valence-corrected chi connectivity index (χ4v) is 1.64. The van der Waals surface area contributed by atoms with Gasteiger partial charge in [-0.15, -0.1) is 0 Å². The number of benzene rings is 1. The van der Waals surface area contributed by atoms with Crippen molar-refractivity contribution in [1.82, 2.24) is 0 Å². The molecule has 0 fully saturated rings. The average Bonchev–Trinajstić information content (AvgIpc) is 2.25. The number of hydrogen-bond donors (Lipinski definition) is 1. The van der Waals surface area contributed by atoms with Crippen molar-refractivity contribution in [3.05, 3.63) is 35.4 Å². The minimum Gasteiger partial charge on any atom is -0.388 e. The molecule has 1 aromatic rings. The Morgan fingerprint density at radius 1 is 1.25 bits per heavy atom. The zero-order valence-corrected chi connectivity index (χ0v) is 9.09. The Morgan fingerprint density at radius 2 is 1.88 bits per heavy atom. The van der Waals surface area contributed by atoms with E-state index in [4.69, 9.17) is 0 Å². The van der Waals surface area contributed by atoms with Crippen molar-refractivity contribution < 1.29 is 18.3 Å². The van der Waals surface area contributed by atoms with Crippen molar-refractivity contribution in [2.75, 3.05) is 0 Å². The van der Waals surface area contributed by atoms with Gasteiger partial charge in [-0.05, 0) is 24.0 Å². The molecule has 0 amide bonds. The maximum atomic E-state index is 12.0. The lowest BCUT2D eigenvalue weighted by Gasteiger charge is -2.15. The van der Waals surface area contributed by atoms with Gasteiger partial charge in [-0.2, -0.15) is 13.2 Å². The third kappa shape index (κ3) is 3.85. The highest BCUT2D eigenvalue weighted by molar-refractivity contribution is 5.28. The predicted molar refractivity (Wildman–Crippen MR) is 56.1 cm³/mol. The molecule has 1 N–H and O–H groups in total. The standard InChI is InChI=1S/C12H15F3O/c1-2-9-5-3-4-6-10(9)11(16)7-8-12(13,14)15/h3-6,11,16H,2,7-8H2,1H3. The Hall–Kier alpha value is -1.03. The van der Waals surface area contributed by atoms with Gasteiger partial charge >= 0.3 is 6.18 Å². The zero-order chi connectivity index (χ0) is 12.2. The number of hydrogen-bond acceptors (Lipinski definition) is 1. The second-order valence-electron chi connectivity index (χ2n) is 3.72. The van der Waals surface area contributed by atoms with Crippen molar-refractivity contribution in [3.63, 3.8) is 0 Å². The lowest BCUT2D eigenvalue weighted by atomic mass is 9.97. The first-order valence-electron chi connectivity index (χ1n) is 5.26. The summed E-state index contributed by atoms with van der Waals surface area (Å²) < 4.78 is 36.0. The molecule has 0 aliphatic carbocycles. The van der Waals surface area contributed by atoms with Gasteiger partial charge in [0.1, 0.15) is 0 Å². The number of rotatable bonds is 4. The summed E-state index contributed by atoms with van der Waals surface area (Å²) in [5.41, 5.74) is 1.51. The third-order valence-corrected chi connectivity index (χ3v) is 2.50. The Labute approximate surface area is 92.9 Å². The summed E-state index contributed by atoms with van der Waals surface area (Å²) in [6.45, 7) is 1.91. The predicted octanol–water partition coefficient (Wildman–Crippen LogP) is 3.62. The second kappa shape index (κ2) is 5.34. The maximum Gasteiger partial charge on any atom is 0.389 e. The second-order valence-corrected chi connectivity index (χ2v) is 3.72. The number of aryl methyl sites for hydroxylation is 1. The largest absolute Gasteiger partial charge is 0.389 e. The van der Waals surface area contributed by atoms with E-state index in [0.717, 1.165) is 5.56 Å². The molecule has 1 rings (SSSR count). The van der Waals surface area contributed by atoms with Crippen LogP contribution in [0.5, 0.6) is 0 Å². The Kier molecular flexibility index (Phi) is 4.35. The van der Waals surface area contributed by atoms with Gasteiger partial charge in [0.2, 0.25) is 0 Å². The van der Waals surface area contributed by atoms with Crippen LogP contribution in [-0.2, 0) is 6.42 Å². The Balaban J connectivity index is 2.69. The molecule has 16 heavy (non-hydrogen) atoms. The van der Waals surface area contributed by atoms with Crippen LogP contribution in [0.15, 0.2) is 24.3 Å². The van der Waals surface area contributed by atoms with E-state index >= 15 is 0 Å². The van der Waals surface area contributed by atoms with Crippen molar-refractivity contribution in [2.24, 2.45) is 0 Å². The van der Waals surface area contributed by atoms with Gasteiger partial charge in [-0.3, -0.25) is 0 Å². The summed E-state index contributed by atoms with van der Waals surface area (Å²) in [4.78, 5) is 0. The molecule has 0 radical (unpaired) electrons. The SMILES string of the molecule is CCc1ccccc1C(O)CCC(F)(F)F. The van der Waals surface area contributed by atoms with Gasteiger partial charge in [0.05, 0.1) is 6.10 Å². The highest BCUT2D eigenvalue weighted by Gasteiger charge is 2.28. The van der Waals surface area contributed by atoms with Crippen LogP contribution < -0.4 is 0 Å². The van der Waals surface area contributed by atoms with Crippen molar-refractivity contribution >= 4 is 0 Å². The van der Waals surface area contributed by atoms with Crippen molar-refractivity contribution in [2.45, 2.75) is 38.5 Å². The molecular weight excluding hydrogens is 217 g/mol. The molecule has 0 aromatic heterocycles. The van der Waals surface area contributed by atoms with Crippen LogP contribution in [0.25, 0.3) is 0 Å². The molecule has 1 nitrogen and oxygen atoms in total. The highest BCUT2D eigenvalue weighted by Crippen LogP contribution is 2.28. The summed E-state index contributed by atoms with van der Waals surface area (Å²) >= 11 is 0. The van der Waals surface area contributed by atoms with E-state index in [2.05, 4.69) is 0 Å². The van der Waals surface area contributed by atoms with E-state index in [1.165, 1.54) is 0 Å². The van der Waals surface area contributed by atoms with E-state index < -0.39 is 18.7 Å². The fourth-order valence-electron chi connectivity index (χ4n) is 1.64. The van der Waals surface area contributed by atoms with Crippen LogP contribution in [-0.4, -0.2) is 11.3 Å². The Morgan fingerprint density at radius 3 is 2.44 bits per heavy atom. The lowest BCUT2D eigenvalue weighted by molar-refractivity contribution is -0.140. The van der Waals surface area contributed by atoms with Crippen LogP contribution in [0.3, 0.4) is 0 Å². The number of halogens is 3. The number of aliphatic hydroxyl groups is 1. The topological polar surface area (TPSA) is 20.2 Å². The minimum atomic E-state index is -4.21. The van der Waals surface area contributed by atoms with Crippen LogP contribution in [0.1, 0.15) is 37.0 Å². The molecular formula is C12H15F3O. The van der Waals surface area contributed by atoms with Gasteiger partial charge in [0.25, 0.3) is 0 Å². The smallest absolute Gasteiger partial charge is 0.388 e. The monoisotopic (exact) mass is 232 g/mol. The summed E-state index contributed by atoms with van der Waals surface area (Å²) in [5, 5.41) is 9.70. The van der Waals surface area contributed by atoms with E-state index in [-0.39, 0.29) is 6.42 Å².